The van der Waals surface area contributed by atoms with Gasteiger partial charge in [-0.2, -0.15) is 5.10 Å². The molecule has 1 heterocycles. The maximum atomic E-state index is 12.5. The Morgan fingerprint density at radius 3 is 2.44 bits per heavy atom. The molecule has 1 N–H and O–H groups in total. The predicted molar refractivity (Wildman–Crippen MR) is 149 cm³/mol. The molecular weight excluding hydrogens is 492 g/mol. The number of anilines is 1. The van der Waals surface area contributed by atoms with Gasteiger partial charge in [0.15, 0.2) is 11.0 Å². The number of carbonyl (C=O) groups is 1. The molecule has 1 aliphatic rings. The predicted octanol–water partition coefficient (Wildman–Crippen LogP) is 6.19. The summed E-state index contributed by atoms with van der Waals surface area (Å²) in [5.41, 5.74) is 5.72. The van der Waals surface area contributed by atoms with Crippen molar-refractivity contribution in [3.05, 3.63) is 59.1 Å². The van der Waals surface area contributed by atoms with Gasteiger partial charge in [-0.15, -0.1) is 10.2 Å². The number of halogens is 1. The van der Waals surface area contributed by atoms with E-state index in [4.69, 9.17) is 11.6 Å². The summed E-state index contributed by atoms with van der Waals surface area (Å²) < 4.78 is 2.21. The van der Waals surface area contributed by atoms with Crippen LogP contribution in [0.3, 0.4) is 0 Å². The first-order valence-electron chi connectivity index (χ1n) is 12.6. The average Bonchev–Trinajstić information content (AvgIpc) is 3.34. The van der Waals surface area contributed by atoms with Gasteiger partial charge in [0.25, 0.3) is 5.91 Å². The van der Waals surface area contributed by atoms with Gasteiger partial charge in [0, 0.05) is 35.4 Å². The van der Waals surface area contributed by atoms with Gasteiger partial charge in [0.1, 0.15) is 0 Å². The zero-order valence-corrected chi connectivity index (χ0v) is 22.4. The highest BCUT2D eigenvalue weighted by Crippen LogP contribution is 2.35. The molecule has 0 unspecified atom stereocenters. The van der Waals surface area contributed by atoms with E-state index < -0.39 is 0 Å². The quantitative estimate of drug-likeness (QED) is 0.194. The number of nitrogens with zero attached hydrogens (tertiary/aromatic N) is 5. The molecule has 0 bridgehead atoms. The van der Waals surface area contributed by atoms with Crippen LogP contribution in [0.25, 0.3) is 11.4 Å². The van der Waals surface area contributed by atoms with E-state index in [1.165, 1.54) is 36.7 Å². The summed E-state index contributed by atoms with van der Waals surface area (Å²) in [5, 5.41) is 14.5. The second-order valence-electron chi connectivity index (χ2n) is 8.82. The number of carbonyl (C=O) groups excluding carboxylic acids is 1. The van der Waals surface area contributed by atoms with E-state index in [0.29, 0.717) is 11.1 Å². The molecule has 1 aliphatic carbocycles. The normalized spacial score (nSPS) is 14.3. The topological polar surface area (TPSA) is 75.4 Å². The molecule has 0 spiro atoms. The summed E-state index contributed by atoms with van der Waals surface area (Å²) in [4.78, 5) is 14.8. The Labute approximate surface area is 222 Å². The molecule has 1 fully saturated rings. The van der Waals surface area contributed by atoms with Crippen molar-refractivity contribution in [2.24, 2.45) is 5.10 Å². The number of hydrogen-bond donors (Lipinski definition) is 1. The highest BCUT2D eigenvalue weighted by Gasteiger charge is 2.24. The molecule has 7 nitrogen and oxygen atoms in total. The minimum atomic E-state index is -0.178. The molecule has 4 rings (SSSR count). The number of nitrogens with one attached hydrogen (secondary N) is 1. The monoisotopic (exact) mass is 524 g/mol. The minimum absolute atomic E-state index is 0.178. The van der Waals surface area contributed by atoms with Crippen molar-refractivity contribution >= 4 is 41.2 Å². The van der Waals surface area contributed by atoms with Crippen molar-refractivity contribution in [2.45, 2.75) is 57.1 Å². The Morgan fingerprint density at radius 2 is 1.78 bits per heavy atom. The van der Waals surface area contributed by atoms with Crippen LogP contribution in [0.15, 0.2) is 58.8 Å². The molecule has 1 aromatic heterocycles. The fourth-order valence-corrected chi connectivity index (χ4v) is 5.46. The second-order valence-corrected chi connectivity index (χ2v) is 10.2. The van der Waals surface area contributed by atoms with Gasteiger partial charge >= 0.3 is 0 Å². The van der Waals surface area contributed by atoms with Crippen LogP contribution in [0.1, 0.15) is 57.6 Å². The van der Waals surface area contributed by atoms with Crippen molar-refractivity contribution < 1.29 is 4.79 Å². The van der Waals surface area contributed by atoms with Crippen molar-refractivity contribution in [3.63, 3.8) is 0 Å². The summed E-state index contributed by atoms with van der Waals surface area (Å²) in [6.45, 7) is 6.21. The smallest absolute Gasteiger partial charge is 0.250 e. The van der Waals surface area contributed by atoms with Crippen LogP contribution in [0.5, 0.6) is 0 Å². The third-order valence-electron chi connectivity index (χ3n) is 6.46. The molecule has 3 aromatic rings. The first-order chi connectivity index (χ1) is 17.6. The first kappa shape index (κ1) is 26.2. The molecule has 2 aromatic carbocycles. The zero-order valence-electron chi connectivity index (χ0n) is 20.9. The molecule has 0 aliphatic heterocycles. The third-order valence-corrected chi connectivity index (χ3v) is 7.66. The lowest BCUT2D eigenvalue weighted by Crippen LogP contribution is -2.21. The van der Waals surface area contributed by atoms with E-state index in [9.17, 15) is 4.79 Å². The summed E-state index contributed by atoms with van der Waals surface area (Å²) in [7, 11) is 0. The van der Waals surface area contributed by atoms with Crippen molar-refractivity contribution in [3.8, 4) is 11.4 Å². The molecule has 9 heteroatoms. The largest absolute Gasteiger partial charge is 0.372 e. The highest BCUT2D eigenvalue weighted by molar-refractivity contribution is 7.99. The first-order valence-corrected chi connectivity index (χ1v) is 14.0. The second kappa shape index (κ2) is 12.9. The summed E-state index contributed by atoms with van der Waals surface area (Å²) >= 11 is 7.48. The summed E-state index contributed by atoms with van der Waals surface area (Å²) in [6, 6.07) is 16.2. The number of hydrazone groups is 1. The lowest BCUT2D eigenvalue weighted by molar-refractivity contribution is -0.118. The molecule has 1 saturated carbocycles. The number of aromatic nitrogens is 3. The molecule has 0 atom stereocenters. The lowest BCUT2D eigenvalue weighted by atomic mass is 9.95. The molecule has 1 amide bonds. The van der Waals surface area contributed by atoms with Gasteiger partial charge < -0.3 is 4.90 Å². The molecule has 0 radical (unpaired) electrons. The van der Waals surface area contributed by atoms with Crippen molar-refractivity contribution in [1.29, 1.82) is 0 Å². The van der Waals surface area contributed by atoms with Crippen LogP contribution in [0, 0.1) is 0 Å². The molecule has 36 heavy (non-hydrogen) atoms. The van der Waals surface area contributed by atoms with Crippen LogP contribution >= 0.6 is 23.4 Å². The van der Waals surface area contributed by atoms with E-state index in [1.54, 1.807) is 6.21 Å². The van der Waals surface area contributed by atoms with Crippen LogP contribution in [0.2, 0.25) is 5.02 Å². The minimum Gasteiger partial charge on any atom is -0.372 e. The number of amides is 1. The average molecular weight is 525 g/mol. The Hall–Kier alpha value is -2.84. The molecule has 190 valence electrons. The summed E-state index contributed by atoms with van der Waals surface area (Å²) in [6.07, 6.45) is 7.50. The Bertz CT molecular complexity index is 1150. The third kappa shape index (κ3) is 6.68. The fraction of sp³-hybridized carbons (Fsp3) is 0.407. The molecule has 0 saturated heterocycles. The van der Waals surface area contributed by atoms with Gasteiger partial charge in [-0.25, -0.2) is 5.43 Å². The van der Waals surface area contributed by atoms with Crippen LogP contribution in [0.4, 0.5) is 5.69 Å². The summed E-state index contributed by atoms with van der Waals surface area (Å²) in [5.74, 6) is 0.860. The van der Waals surface area contributed by atoms with Crippen LogP contribution in [-0.2, 0) is 4.79 Å². The van der Waals surface area contributed by atoms with Gasteiger partial charge in [-0.05, 0) is 68.7 Å². The number of rotatable bonds is 10. The van der Waals surface area contributed by atoms with Gasteiger partial charge in [0.2, 0.25) is 0 Å². The Balaban J connectivity index is 1.39. The number of benzene rings is 2. The number of thioether (sulfide) groups is 1. The van der Waals surface area contributed by atoms with E-state index in [0.717, 1.165) is 48.0 Å². The van der Waals surface area contributed by atoms with Gasteiger partial charge in [0.05, 0.1) is 12.0 Å². The Morgan fingerprint density at radius 1 is 1.08 bits per heavy atom. The lowest BCUT2D eigenvalue weighted by Gasteiger charge is -2.25. The highest BCUT2D eigenvalue weighted by atomic mass is 35.5. The van der Waals surface area contributed by atoms with Crippen LogP contribution < -0.4 is 10.3 Å². The maximum absolute atomic E-state index is 12.5. The van der Waals surface area contributed by atoms with E-state index in [1.807, 2.05) is 36.4 Å². The SMILES string of the molecule is CCN(CC)c1ccc(C=NNC(=O)CSc2nnc(-c3ccc(Cl)cc3)n2C2CCCCC2)cc1. The maximum Gasteiger partial charge on any atom is 0.250 e. The fourth-order valence-electron chi connectivity index (χ4n) is 4.54. The standard InChI is InChI=1S/C27H33ClN6OS/c1-3-33(4-2)23-16-10-20(11-17-23)18-29-30-25(35)19-36-27-32-31-26(21-12-14-22(28)15-13-21)34(27)24-8-6-5-7-9-24/h10-18,24H,3-9,19H2,1-2H3,(H,30,35). The van der Waals surface area contributed by atoms with Gasteiger partial charge in [-0.1, -0.05) is 54.8 Å². The van der Waals surface area contributed by atoms with Crippen molar-refractivity contribution in [1.82, 2.24) is 20.2 Å². The van der Waals surface area contributed by atoms with Crippen LogP contribution in [-0.4, -0.2) is 45.7 Å². The van der Waals surface area contributed by atoms with E-state index >= 15 is 0 Å². The number of hydrogen-bond acceptors (Lipinski definition) is 6. The Kier molecular flexibility index (Phi) is 9.41. The van der Waals surface area contributed by atoms with Crippen molar-refractivity contribution in [2.75, 3.05) is 23.7 Å². The zero-order chi connectivity index (χ0) is 25.3. The molecular formula is C27H33ClN6OS. The van der Waals surface area contributed by atoms with E-state index in [-0.39, 0.29) is 11.7 Å². The van der Waals surface area contributed by atoms with Gasteiger partial charge in [-0.3, -0.25) is 9.36 Å². The van der Waals surface area contributed by atoms with E-state index in [2.05, 4.69) is 56.2 Å².